The molecule has 98 valence electrons. The van der Waals surface area contributed by atoms with Crippen molar-refractivity contribution in [2.45, 2.75) is 12.8 Å². The lowest BCUT2D eigenvalue weighted by Crippen LogP contribution is -2.44. The van der Waals surface area contributed by atoms with Crippen LogP contribution in [0.2, 0.25) is 0 Å². The lowest BCUT2D eigenvalue weighted by Gasteiger charge is -2.30. The van der Waals surface area contributed by atoms with Crippen molar-refractivity contribution in [1.29, 1.82) is 0 Å². The van der Waals surface area contributed by atoms with E-state index in [1.807, 2.05) is 0 Å². The number of carbonyl (C=O) groups is 2. The van der Waals surface area contributed by atoms with E-state index in [0.717, 1.165) is 14.9 Å². The number of aromatic nitrogens is 1. The van der Waals surface area contributed by atoms with Crippen LogP contribution in [0.25, 0.3) is 0 Å². The Bertz CT molecular complexity index is 580. The van der Waals surface area contributed by atoms with Gasteiger partial charge in [0.2, 0.25) is 5.91 Å². The topological polar surface area (TPSA) is 59.5 Å². The van der Waals surface area contributed by atoms with Crippen LogP contribution in [0.4, 0.5) is 5.82 Å². The molecule has 0 saturated heterocycles. The molecule has 3 rings (SSSR count). The minimum atomic E-state index is -0.305. The summed E-state index contributed by atoms with van der Waals surface area (Å²) in [6, 6.07) is 3.40. The minimum absolute atomic E-state index is 0.222. The Labute approximate surface area is 118 Å². The van der Waals surface area contributed by atoms with Gasteiger partial charge in [-0.25, -0.2) is 9.88 Å². The molecule has 0 unspecified atom stereocenters. The number of ether oxygens (including phenoxy) is 1. The van der Waals surface area contributed by atoms with Crippen molar-refractivity contribution >= 4 is 33.6 Å². The van der Waals surface area contributed by atoms with Crippen LogP contribution in [0.15, 0.2) is 33.9 Å². The van der Waals surface area contributed by atoms with Gasteiger partial charge in [-0.2, -0.15) is 0 Å². The highest BCUT2D eigenvalue weighted by molar-refractivity contribution is 9.10. The second-order valence-electron chi connectivity index (χ2n) is 4.43. The first kappa shape index (κ1) is 12.5. The number of hydrogen-bond acceptors (Lipinski definition) is 4. The van der Waals surface area contributed by atoms with Crippen molar-refractivity contribution in [2.75, 3.05) is 18.1 Å². The van der Waals surface area contributed by atoms with Crippen molar-refractivity contribution in [3.8, 4) is 0 Å². The minimum Gasteiger partial charge on any atom is -0.376 e. The molecule has 5 nitrogen and oxygen atoms in total. The van der Waals surface area contributed by atoms with E-state index in [-0.39, 0.29) is 24.8 Å². The number of imide groups is 1. The third-order valence-electron chi connectivity index (χ3n) is 3.24. The van der Waals surface area contributed by atoms with Gasteiger partial charge in [0.15, 0.2) is 0 Å². The van der Waals surface area contributed by atoms with E-state index in [1.165, 1.54) is 0 Å². The highest BCUT2D eigenvalue weighted by Crippen LogP contribution is 2.29. The second kappa shape index (κ2) is 4.86. The summed E-state index contributed by atoms with van der Waals surface area (Å²) < 4.78 is 6.10. The molecule has 3 heterocycles. The van der Waals surface area contributed by atoms with E-state index < -0.39 is 0 Å². The maximum atomic E-state index is 12.4. The maximum absolute atomic E-state index is 12.4. The molecule has 0 atom stereocenters. The number of rotatable bonds is 1. The largest absolute Gasteiger partial charge is 0.376 e. The predicted molar refractivity (Wildman–Crippen MR) is 71.5 cm³/mol. The van der Waals surface area contributed by atoms with Gasteiger partial charge in [0.05, 0.1) is 13.2 Å². The zero-order valence-electron chi connectivity index (χ0n) is 10.1. The Hall–Kier alpha value is -1.53. The van der Waals surface area contributed by atoms with Gasteiger partial charge in [-0.15, -0.1) is 0 Å². The molecule has 2 aliphatic heterocycles. The number of carbonyl (C=O) groups excluding carboxylic acids is 2. The number of hydrogen-bond donors (Lipinski definition) is 0. The van der Waals surface area contributed by atoms with Gasteiger partial charge in [-0.05, 0) is 40.1 Å². The smallest absolute Gasteiger partial charge is 0.264 e. The Morgan fingerprint density at radius 1 is 1.32 bits per heavy atom. The zero-order valence-corrected chi connectivity index (χ0v) is 11.6. The summed E-state index contributed by atoms with van der Waals surface area (Å²) in [4.78, 5) is 29.7. The van der Waals surface area contributed by atoms with Crippen LogP contribution in [-0.4, -0.2) is 30.0 Å². The molecule has 0 aliphatic carbocycles. The van der Waals surface area contributed by atoms with E-state index in [4.69, 9.17) is 4.74 Å². The van der Waals surface area contributed by atoms with Crippen molar-refractivity contribution in [3.05, 3.63) is 33.9 Å². The average molecular weight is 323 g/mol. The Morgan fingerprint density at radius 3 is 2.89 bits per heavy atom. The summed E-state index contributed by atoms with van der Waals surface area (Å²) in [5, 5.41) is 0. The first-order valence-corrected chi connectivity index (χ1v) is 6.73. The van der Waals surface area contributed by atoms with Crippen LogP contribution >= 0.6 is 15.9 Å². The summed E-state index contributed by atoms with van der Waals surface area (Å²) in [5.74, 6) is -0.170. The van der Waals surface area contributed by atoms with Gasteiger partial charge in [-0.3, -0.25) is 9.59 Å². The van der Waals surface area contributed by atoms with Crippen molar-refractivity contribution in [2.24, 2.45) is 0 Å². The molecule has 0 spiro atoms. The molecular formula is C13H11BrN2O3. The Morgan fingerprint density at radius 2 is 2.16 bits per heavy atom. The van der Waals surface area contributed by atoms with Gasteiger partial charge in [-0.1, -0.05) is 0 Å². The van der Waals surface area contributed by atoms with Gasteiger partial charge in [0, 0.05) is 22.7 Å². The number of pyridine rings is 1. The predicted octanol–water partition coefficient (Wildman–Crippen LogP) is 1.82. The molecule has 1 aromatic heterocycles. The Balaban J connectivity index is 1.99. The van der Waals surface area contributed by atoms with E-state index >= 15 is 0 Å². The summed E-state index contributed by atoms with van der Waals surface area (Å²) in [6.45, 7) is 0.865. The monoisotopic (exact) mass is 322 g/mol. The molecule has 0 aromatic carbocycles. The standard InChI is InChI=1S/C13H11BrN2O3/c14-9-1-2-11(15-6-9)16-12(17)5-8-3-4-19-7-10(8)13(16)18/h1-2,6H,3-5,7H2. The van der Waals surface area contributed by atoms with Gasteiger partial charge < -0.3 is 4.74 Å². The first-order valence-electron chi connectivity index (χ1n) is 5.94. The van der Waals surface area contributed by atoms with Crippen LogP contribution in [-0.2, 0) is 14.3 Å². The number of anilines is 1. The normalized spacial score (nSPS) is 19.7. The van der Waals surface area contributed by atoms with Crippen LogP contribution < -0.4 is 4.90 Å². The highest BCUT2D eigenvalue weighted by Gasteiger charge is 2.35. The summed E-state index contributed by atoms with van der Waals surface area (Å²) in [5.41, 5.74) is 1.52. The lowest BCUT2D eigenvalue weighted by molar-refractivity contribution is -0.126. The highest BCUT2D eigenvalue weighted by atomic mass is 79.9. The van der Waals surface area contributed by atoms with E-state index in [1.54, 1.807) is 18.3 Å². The molecule has 0 saturated carbocycles. The van der Waals surface area contributed by atoms with E-state index in [0.29, 0.717) is 24.4 Å². The first-order chi connectivity index (χ1) is 9.16. The van der Waals surface area contributed by atoms with Crippen molar-refractivity contribution < 1.29 is 14.3 Å². The molecule has 2 aliphatic rings. The zero-order chi connectivity index (χ0) is 13.4. The van der Waals surface area contributed by atoms with Gasteiger partial charge in [0.1, 0.15) is 5.82 Å². The van der Waals surface area contributed by atoms with E-state index in [2.05, 4.69) is 20.9 Å². The van der Waals surface area contributed by atoms with Crippen molar-refractivity contribution in [3.63, 3.8) is 0 Å². The van der Waals surface area contributed by atoms with Gasteiger partial charge >= 0.3 is 0 Å². The van der Waals surface area contributed by atoms with Gasteiger partial charge in [0.25, 0.3) is 5.91 Å². The molecule has 0 N–H and O–H groups in total. The lowest BCUT2D eigenvalue weighted by atomic mass is 9.95. The van der Waals surface area contributed by atoms with Crippen molar-refractivity contribution in [1.82, 2.24) is 4.98 Å². The molecule has 19 heavy (non-hydrogen) atoms. The fourth-order valence-electron chi connectivity index (χ4n) is 2.27. The average Bonchev–Trinajstić information content (AvgIpc) is 2.41. The number of nitrogens with zero attached hydrogens (tertiary/aromatic N) is 2. The van der Waals surface area contributed by atoms with Crippen LogP contribution in [0.5, 0.6) is 0 Å². The van der Waals surface area contributed by atoms with Crippen LogP contribution in [0.3, 0.4) is 0 Å². The summed E-state index contributed by atoms with van der Waals surface area (Å²) in [6.07, 6.45) is 2.51. The number of amides is 2. The van der Waals surface area contributed by atoms with Crippen LogP contribution in [0.1, 0.15) is 12.8 Å². The summed E-state index contributed by atoms with van der Waals surface area (Å²) in [7, 11) is 0. The molecular weight excluding hydrogens is 312 g/mol. The third kappa shape index (κ3) is 2.21. The fraction of sp³-hybridized carbons (Fsp3) is 0.308. The number of halogens is 1. The molecule has 0 fully saturated rings. The molecule has 0 bridgehead atoms. The van der Waals surface area contributed by atoms with E-state index in [9.17, 15) is 9.59 Å². The summed E-state index contributed by atoms with van der Waals surface area (Å²) >= 11 is 3.27. The quantitative estimate of drug-likeness (QED) is 0.740. The maximum Gasteiger partial charge on any atom is 0.264 e. The fourth-order valence-corrected chi connectivity index (χ4v) is 2.51. The molecule has 6 heteroatoms. The second-order valence-corrected chi connectivity index (χ2v) is 5.35. The van der Waals surface area contributed by atoms with Crippen LogP contribution in [0, 0.1) is 0 Å². The third-order valence-corrected chi connectivity index (χ3v) is 3.71. The molecule has 1 aromatic rings. The molecule has 2 amide bonds. The SMILES string of the molecule is O=C1CC2=C(COCC2)C(=O)N1c1ccc(Br)cn1. The Kier molecular flexibility index (Phi) is 3.20. The molecule has 0 radical (unpaired) electrons.